The summed E-state index contributed by atoms with van der Waals surface area (Å²) in [6.07, 6.45) is 2.81. The molecule has 0 amide bonds. The maximum Gasteiger partial charge on any atom is 0.221 e. The summed E-state index contributed by atoms with van der Waals surface area (Å²) in [5.41, 5.74) is 1.02. The van der Waals surface area contributed by atoms with Gasteiger partial charge in [-0.05, 0) is 69.2 Å². The number of nitrogens with zero attached hydrogens (tertiary/aromatic N) is 3. The number of ketones is 1. The summed E-state index contributed by atoms with van der Waals surface area (Å²) >= 11 is 0. The maximum atomic E-state index is 14.6. The second-order valence-corrected chi connectivity index (χ2v) is 14.8. The van der Waals surface area contributed by atoms with Gasteiger partial charge in [0.25, 0.3) is 0 Å². The van der Waals surface area contributed by atoms with Crippen LogP contribution in [-0.2, 0) is 10.0 Å². The molecule has 4 heterocycles. The summed E-state index contributed by atoms with van der Waals surface area (Å²) in [5, 5.41) is 3.44. The number of benzene rings is 1. The number of hydrogen-bond donors (Lipinski definition) is 1. The number of fused-ring (bicyclic) bond motifs is 2. The van der Waals surface area contributed by atoms with E-state index in [4.69, 9.17) is 9.72 Å². The number of carbonyl (C=O) groups excluding carboxylic acids is 1. The SMILES string of the molecule is CC(C)COc1cc(F)cc(-c2ccc(C(=O)CS(=O)(=O)N3CC4CCC(C3)N4)c(N3C[C@@H](C)CC3(C)C)n2)c1. The molecule has 218 valence electrons. The van der Waals surface area contributed by atoms with E-state index in [2.05, 4.69) is 31.0 Å². The van der Waals surface area contributed by atoms with E-state index < -0.39 is 27.4 Å². The van der Waals surface area contributed by atoms with Crippen LogP contribution < -0.4 is 15.0 Å². The zero-order valence-corrected chi connectivity index (χ0v) is 24.9. The molecule has 3 saturated heterocycles. The van der Waals surface area contributed by atoms with Gasteiger partial charge in [0, 0.05) is 48.9 Å². The first-order valence-corrected chi connectivity index (χ1v) is 15.9. The molecular formula is C30H41FN4O4S. The van der Waals surface area contributed by atoms with Gasteiger partial charge in [0.1, 0.15) is 23.1 Å². The zero-order valence-electron chi connectivity index (χ0n) is 24.1. The summed E-state index contributed by atoms with van der Waals surface area (Å²) in [4.78, 5) is 20.7. The van der Waals surface area contributed by atoms with Crippen molar-refractivity contribution in [2.24, 2.45) is 11.8 Å². The molecule has 1 N–H and O–H groups in total. The minimum absolute atomic E-state index is 0.146. The van der Waals surface area contributed by atoms with Crippen LogP contribution in [0.4, 0.5) is 10.2 Å². The fourth-order valence-electron chi connectivity index (χ4n) is 6.37. The van der Waals surface area contributed by atoms with Gasteiger partial charge in [-0.3, -0.25) is 4.79 Å². The number of rotatable bonds is 9. The van der Waals surface area contributed by atoms with Crippen LogP contribution in [-0.4, -0.2) is 73.1 Å². The van der Waals surface area contributed by atoms with Crippen molar-refractivity contribution >= 4 is 21.6 Å². The number of nitrogens with one attached hydrogen (secondary N) is 1. The van der Waals surface area contributed by atoms with E-state index >= 15 is 0 Å². The molecule has 3 fully saturated rings. The Balaban J connectivity index is 1.49. The molecule has 5 rings (SSSR count). The summed E-state index contributed by atoms with van der Waals surface area (Å²) in [7, 11) is -3.79. The van der Waals surface area contributed by atoms with E-state index in [0.29, 0.717) is 55.0 Å². The lowest BCUT2D eigenvalue weighted by Gasteiger charge is -2.34. The first-order chi connectivity index (χ1) is 18.8. The smallest absolute Gasteiger partial charge is 0.221 e. The normalized spacial score (nSPS) is 24.6. The lowest BCUT2D eigenvalue weighted by Crippen LogP contribution is -2.53. The quantitative estimate of drug-likeness (QED) is 0.443. The zero-order chi connectivity index (χ0) is 28.8. The van der Waals surface area contributed by atoms with Crippen molar-refractivity contribution in [1.82, 2.24) is 14.6 Å². The van der Waals surface area contributed by atoms with Crippen LogP contribution in [0.3, 0.4) is 0 Å². The average molecular weight is 573 g/mol. The molecule has 0 radical (unpaired) electrons. The second kappa shape index (κ2) is 11.0. The Morgan fingerprint density at radius 3 is 2.48 bits per heavy atom. The predicted molar refractivity (Wildman–Crippen MR) is 155 cm³/mol. The Hall–Kier alpha value is -2.56. The molecule has 2 aromatic rings. The maximum absolute atomic E-state index is 14.6. The lowest BCUT2D eigenvalue weighted by molar-refractivity contribution is 0.101. The highest BCUT2D eigenvalue weighted by molar-refractivity contribution is 7.89. The molecule has 3 aliphatic rings. The third-order valence-electron chi connectivity index (χ3n) is 8.14. The van der Waals surface area contributed by atoms with Gasteiger partial charge in [-0.2, -0.15) is 4.31 Å². The number of aromatic nitrogens is 1. The molecule has 0 spiro atoms. The van der Waals surface area contributed by atoms with Gasteiger partial charge in [0.15, 0.2) is 5.78 Å². The Bertz CT molecular complexity index is 1370. The first-order valence-electron chi connectivity index (χ1n) is 14.3. The van der Waals surface area contributed by atoms with Crippen molar-refractivity contribution in [2.75, 3.05) is 36.9 Å². The van der Waals surface area contributed by atoms with Crippen LogP contribution in [0.1, 0.15) is 64.2 Å². The van der Waals surface area contributed by atoms with Gasteiger partial charge in [-0.15, -0.1) is 0 Å². The molecule has 1 aromatic heterocycles. The van der Waals surface area contributed by atoms with E-state index in [1.54, 1.807) is 18.2 Å². The Morgan fingerprint density at radius 1 is 1.15 bits per heavy atom. The van der Waals surface area contributed by atoms with Crippen LogP contribution in [0, 0.1) is 17.7 Å². The number of anilines is 1. The summed E-state index contributed by atoms with van der Waals surface area (Å²) < 4.78 is 48.6. The fourth-order valence-corrected chi connectivity index (χ4v) is 7.85. The average Bonchev–Trinajstić information content (AvgIpc) is 3.36. The lowest BCUT2D eigenvalue weighted by atomic mass is 9.97. The van der Waals surface area contributed by atoms with Crippen LogP contribution >= 0.6 is 0 Å². The molecular weight excluding hydrogens is 531 g/mol. The minimum Gasteiger partial charge on any atom is -0.493 e. The van der Waals surface area contributed by atoms with Gasteiger partial charge < -0.3 is 15.0 Å². The van der Waals surface area contributed by atoms with E-state index in [0.717, 1.165) is 19.3 Å². The third-order valence-corrected chi connectivity index (χ3v) is 9.86. The third kappa shape index (κ3) is 6.19. The van der Waals surface area contributed by atoms with Crippen molar-refractivity contribution in [1.29, 1.82) is 0 Å². The molecule has 40 heavy (non-hydrogen) atoms. The highest BCUT2D eigenvalue weighted by Crippen LogP contribution is 2.39. The van der Waals surface area contributed by atoms with Gasteiger partial charge >= 0.3 is 0 Å². The minimum atomic E-state index is -3.79. The topological polar surface area (TPSA) is 91.8 Å². The first kappa shape index (κ1) is 29.0. The number of pyridine rings is 1. The molecule has 3 aliphatic heterocycles. The van der Waals surface area contributed by atoms with Crippen molar-refractivity contribution in [3.8, 4) is 17.0 Å². The Kier molecular flexibility index (Phi) is 7.98. The summed E-state index contributed by atoms with van der Waals surface area (Å²) in [6.45, 7) is 12.3. The second-order valence-electron chi connectivity index (χ2n) is 12.8. The Morgan fingerprint density at radius 2 is 1.85 bits per heavy atom. The van der Waals surface area contributed by atoms with E-state index in [1.165, 1.54) is 16.4 Å². The van der Waals surface area contributed by atoms with Crippen molar-refractivity contribution < 1.29 is 22.3 Å². The Labute approximate surface area is 237 Å². The molecule has 0 aliphatic carbocycles. The van der Waals surface area contributed by atoms with Crippen molar-refractivity contribution in [2.45, 2.75) is 71.5 Å². The largest absolute Gasteiger partial charge is 0.493 e. The molecule has 0 saturated carbocycles. The number of hydrogen-bond acceptors (Lipinski definition) is 7. The standard InChI is InChI=1S/C30H41FN4O4S/c1-19(2)17-39-25-11-21(10-22(31)12-25)27-9-8-26(29(33-27)35-14-20(3)13-30(35,4)5)28(36)18-40(37,38)34-15-23-6-7-24(16-34)32-23/h8-12,19-20,23-24,32H,6-7,13-18H2,1-5H3/t20-,23?,24?/m0/s1. The molecule has 2 bridgehead atoms. The van der Waals surface area contributed by atoms with E-state index in [1.807, 2.05) is 13.8 Å². The highest BCUT2D eigenvalue weighted by atomic mass is 32.2. The highest BCUT2D eigenvalue weighted by Gasteiger charge is 2.41. The van der Waals surface area contributed by atoms with Crippen LogP contribution in [0.15, 0.2) is 30.3 Å². The molecule has 2 unspecified atom stereocenters. The molecule has 3 atom stereocenters. The van der Waals surface area contributed by atoms with Gasteiger partial charge in [-0.1, -0.05) is 20.8 Å². The van der Waals surface area contributed by atoms with Gasteiger partial charge in [0.05, 0.1) is 17.9 Å². The monoisotopic (exact) mass is 572 g/mol. The number of halogens is 1. The predicted octanol–water partition coefficient (Wildman–Crippen LogP) is 4.50. The van der Waals surface area contributed by atoms with Crippen LogP contribution in [0.5, 0.6) is 5.75 Å². The number of sulfonamides is 1. The molecule has 8 nitrogen and oxygen atoms in total. The molecule has 10 heteroatoms. The van der Waals surface area contributed by atoms with Crippen LogP contribution in [0.25, 0.3) is 11.3 Å². The van der Waals surface area contributed by atoms with E-state index in [9.17, 15) is 17.6 Å². The summed E-state index contributed by atoms with van der Waals surface area (Å²) in [5.74, 6) is 0.000830. The van der Waals surface area contributed by atoms with Crippen molar-refractivity contribution in [3.63, 3.8) is 0 Å². The number of Topliss-reactive ketones (excluding diaryl/α,β-unsaturated/α-hetero) is 1. The fraction of sp³-hybridized carbons (Fsp3) is 0.600. The van der Waals surface area contributed by atoms with Gasteiger partial charge in [0.2, 0.25) is 10.0 Å². The van der Waals surface area contributed by atoms with Gasteiger partial charge in [-0.25, -0.2) is 17.8 Å². The summed E-state index contributed by atoms with van der Waals surface area (Å²) in [6, 6.07) is 8.11. The van der Waals surface area contributed by atoms with Crippen LogP contribution in [0.2, 0.25) is 0 Å². The van der Waals surface area contributed by atoms with Crippen molar-refractivity contribution in [3.05, 3.63) is 41.7 Å². The van der Waals surface area contributed by atoms with E-state index in [-0.39, 0.29) is 29.1 Å². The number of carbonyl (C=O) groups is 1. The number of ether oxygens (including phenoxy) is 1. The molecule has 1 aromatic carbocycles. The number of piperazine rings is 1.